The topological polar surface area (TPSA) is 55.6 Å². The molecular weight excluding hydrogens is 240 g/mol. The van der Waals surface area contributed by atoms with Gasteiger partial charge in [-0.25, -0.2) is 0 Å². The van der Waals surface area contributed by atoms with Crippen molar-refractivity contribution in [2.45, 2.75) is 64.0 Å². The summed E-state index contributed by atoms with van der Waals surface area (Å²) >= 11 is 0. The molecule has 1 saturated carbocycles. The van der Waals surface area contributed by atoms with E-state index in [1.807, 2.05) is 0 Å². The van der Waals surface area contributed by atoms with E-state index < -0.39 is 0 Å². The summed E-state index contributed by atoms with van der Waals surface area (Å²) in [5.41, 5.74) is 5.79. The molecule has 110 valence electrons. The summed E-state index contributed by atoms with van der Waals surface area (Å²) in [6.07, 6.45) is 7.57. The third-order valence-corrected chi connectivity index (χ3v) is 5.23. The lowest BCUT2D eigenvalue weighted by molar-refractivity contribution is -0.148. The van der Waals surface area contributed by atoms with Gasteiger partial charge in [-0.15, -0.1) is 0 Å². The first-order valence-corrected chi connectivity index (χ1v) is 7.71. The van der Waals surface area contributed by atoms with Crippen molar-refractivity contribution in [3.05, 3.63) is 0 Å². The Morgan fingerprint density at radius 2 is 2.11 bits per heavy atom. The van der Waals surface area contributed by atoms with E-state index >= 15 is 0 Å². The van der Waals surface area contributed by atoms with E-state index in [0.29, 0.717) is 12.5 Å². The van der Waals surface area contributed by atoms with Crippen LogP contribution >= 0.6 is 0 Å². The number of amides is 1. The van der Waals surface area contributed by atoms with Crippen molar-refractivity contribution in [3.8, 4) is 0 Å². The molecule has 2 aliphatic rings. The maximum Gasteiger partial charge on any atom is 0.229 e. The first kappa shape index (κ1) is 14.8. The van der Waals surface area contributed by atoms with Crippen LogP contribution in [-0.4, -0.2) is 43.2 Å². The molecule has 2 N–H and O–H groups in total. The molecule has 0 radical (unpaired) electrons. The molecule has 2 atom stereocenters. The van der Waals surface area contributed by atoms with Crippen molar-refractivity contribution >= 4 is 5.91 Å². The lowest BCUT2D eigenvalue weighted by atomic mass is 9.80. The molecule has 1 aliphatic heterocycles. The van der Waals surface area contributed by atoms with E-state index in [0.717, 1.165) is 38.6 Å². The molecule has 2 fully saturated rings. The predicted octanol–water partition coefficient (Wildman–Crippen LogP) is 1.92. The van der Waals surface area contributed by atoms with Crippen LogP contribution in [0.4, 0.5) is 0 Å². The predicted molar refractivity (Wildman–Crippen MR) is 75.8 cm³/mol. The Labute approximate surface area is 116 Å². The summed E-state index contributed by atoms with van der Waals surface area (Å²) in [6.45, 7) is 3.51. The highest BCUT2D eigenvalue weighted by atomic mass is 16.5. The third-order valence-electron chi connectivity index (χ3n) is 5.23. The Kier molecular flexibility index (Phi) is 4.85. The molecule has 0 bridgehead atoms. The smallest absolute Gasteiger partial charge is 0.229 e. The highest BCUT2D eigenvalue weighted by Crippen LogP contribution is 2.43. The Morgan fingerprint density at radius 3 is 2.63 bits per heavy atom. The second-order valence-corrected chi connectivity index (χ2v) is 6.11. The van der Waals surface area contributed by atoms with Gasteiger partial charge in [0.25, 0.3) is 0 Å². The summed E-state index contributed by atoms with van der Waals surface area (Å²) in [5.74, 6) is 0.359. The lowest BCUT2D eigenvalue weighted by Crippen LogP contribution is -2.55. The second-order valence-electron chi connectivity index (χ2n) is 6.11. The fourth-order valence-corrected chi connectivity index (χ4v) is 3.79. The molecule has 1 aliphatic carbocycles. The molecule has 2 rings (SSSR count). The number of rotatable bonds is 4. The van der Waals surface area contributed by atoms with Crippen molar-refractivity contribution in [1.82, 2.24) is 4.90 Å². The van der Waals surface area contributed by atoms with Crippen LogP contribution in [0.25, 0.3) is 0 Å². The lowest BCUT2D eigenvalue weighted by Gasteiger charge is -2.43. The van der Waals surface area contributed by atoms with Gasteiger partial charge in [0.1, 0.15) is 0 Å². The van der Waals surface area contributed by atoms with Crippen LogP contribution in [0.3, 0.4) is 0 Å². The van der Waals surface area contributed by atoms with Gasteiger partial charge < -0.3 is 15.4 Å². The van der Waals surface area contributed by atoms with Crippen LogP contribution < -0.4 is 5.73 Å². The standard InChI is InChI=1S/C15H28N2O2/c1-3-15(7-4-5-8-15)14(18)17-9-6-13(19-2)10-12(17)11-16/h12-13H,3-11,16H2,1-2H3. The minimum atomic E-state index is -0.0900. The average molecular weight is 268 g/mol. The quantitative estimate of drug-likeness (QED) is 0.847. The van der Waals surface area contributed by atoms with Gasteiger partial charge in [0.15, 0.2) is 0 Å². The van der Waals surface area contributed by atoms with Gasteiger partial charge in [0, 0.05) is 31.7 Å². The van der Waals surface area contributed by atoms with E-state index in [1.54, 1.807) is 7.11 Å². The fraction of sp³-hybridized carbons (Fsp3) is 0.933. The van der Waals surface area contributed by atoms with Crippen molar-refractivity contribution < 1.29 is 9.53 Å². The van der Waals surface area contributed by atoms with E-state index in [9.17, 15) is 4.79 Å². The van der Waals surface area contributed by atoms with Gasteiger partial charge in [0.05, 0.1) is 6.10 Å². The molecule has 0 aromatic carbocycles. The Morgan fingerprint density at radius 1 is 1.42 bits per heavy atom. The van der Waals surface area contributed by atoms with Gasteiger partial charge in [-0.2, -0.15) is 0 Å². The van der Waals surface area contributed by atoms with E-state index in [-0.39, 0.29) is 17.6 Å². The first-order valence-electron chi connectivity index (χ1n) is 7.71. The Balaban J connectivity index is 2.09. The monoisotopic (exact) mass is 268 g/mol. The minimum Gasteiger partial charge on any atom is -0.381 e. The van der Waals surface area contributed by atoms with Crippen molar-refractivity contribution in [2.75, 3.05) is 20.2 Å². The summed E-state index contributed by atoms with van der Waals surface area (Å²) in [6, 6.07) is 0.162. The molecule has 0 aromatic heterocycles. The molecule has 19 heavy (non-hydrogen) atoms. The van der Waals surface area contributed by atoms with Crippen LogP contribution in [0, 0.1) is 5.41 Å². The van der Waals surface area contributed by atoms with Crippen LogP contribution in [0.2, 0.25) is 0 Å². The summed E-state index contributed by atoms with van der Waals surface area (Å²) in [7, 11) is 1.75. The maximum absolute atomic E-state index is 12.9. The van der Waals surface area contributed by atoms with Gasteiger partial charge >= 0.3 is 0 Å². The molecule has 4 nitrogen and oxygen atoms in total. The van der Waals surface area contributed by atoms with Gasteiger partial charge in [-0.05, 0) is 32.1 Å². The first-order chi connectivity index (χ1) is 9.16. The van der Waals surface area contributed by atoms with Crippen molar-refractivity contribution in [3.63, 3.8) is 0 Å². The van der Waals surface area contributed by atoms with Crippen molar-refractivity contribution in [2.24, 2.45) is 11.1 Å². The number of methoxy groups -OCH3 is 1. The van der Waals surface area contributed by atoms with Crippen LogP contribution in [0.15, 0.2) is 0 Å². The average Bonchev–Trinajstić information content (AvgIpc) is 2.95. The Bertz CT molecular complexity index is 313. The highest BCUT2D eigenvalue weighted by Gasteiger charge is 2.44. The van der Waals surface area contributed by atoms with Gasteiger partial charge in [-0.3, -0.25) is 4.79 Å². The fourth-order valence-electron chi connectivity index (χ4n) is 3.79. The largest absolute Gasteiger partial charge is 0.381 e. The van der Waals surface area contributed by atoms with Gasteiger partial charge in [0.2, 0.25) is 5.91 Å². The third kappa shape index (κ3) is 2.79. The van der Waals surface area contributed by atoms with E-state index in [4.69, 9.17) is 10.5 Å². The van der Waals surface area contributed by atoms with Crippen LogP contribution in [0.1, 0.15) is 51.9 Å². The number of nitrogens with two attached hydrogens (primary N) is 1. The molecule has 1 amide bonds. The number of hydrogen-bond acceptors (Lipinski definition) is 3. The second kappa shape index (κ2) is 6.23. The van der Waals surface area contributed by atoms with Crippen LogP contribution in [-0.2, 0) is 9.53 Å². The normalized spacial score (nSPS) is 30.6. The molecule has 1 heterocycles. The number of carbonyl (C=O) groups excluding carboxylic acids is 1. The number of hydrogen-bond donors (Lipinski definition) is 1. The van der Waals surface area contributed by atoms with E-state index in [1.165, 1.54) is 12.8 Å². The minimum absolute atomic E-state index is 0.0900. The zero-order chi connectivity index (χ0) is 13.9. The maximum atomic E-state index is 12.9. The summed E-state index contributed by atoms with van der Waals surface area (Å²) in [5, 5.41) is 0. The van der Waals surface area contributed by atoms with Crippen LogP contribution in [0.5, 0.6) is 0 Å². The number of ether oxygens (including phenoxy) is 1. The Hall–Kier alpha value is -0.610. The van der Waals surface area contributed by atoms with Crippen molar-refractivity contribution in [1.29, 1.82) is 0 Å². The summed E-state index contributed by atoms with van der Waals surface area (Å²) in [4.78, 5) is 15.0. The highest BCUT2D eigenvalue weighted by molar-refractivity contribution is 5.83. The zero-order valence-corrected chi connectivity index (χ0v) is 12.4. The van der Waals surface area contributed by atoms with Gasteiger partial charge in [-0.1, -0.05) is 19.8 Å². The molecule has 2 unspecified atom stereocenters. The number of likely N-dealkylation sites (tertiary alicyclic amines) is 1. The summed E-state index contributed by atoms with van der Waals surface area (Å²) < 4.78 is 5.43. The molecular formula is C15H28N2O2. The number of nitrogens with zero attached hydrogens (tertiary/aromatic N) is 1. The molecule has 1 saturated heterocycles. The SMILES string of the molecule is CCC1(C(=O)N2CCC(OC)CC2CN)CCCC1. The molecule has 0 aromatic rings. The number of carbonyl (C=O) groups is 1. The molecule has 0 spiro atoms. The zero-order valence-electron chi connectivity index (χ0n) is 12.4. The van der Waals surface area contributed by atoms with E-state index in [2.05, 4.69) is 11.8 Å². The molecule has 4 heteroatoms. The number of piperidine rings is 1.